The molecule has 1 fully saturated rings. The maximum absolute atomic E-state index is 12.2. The summed E-state index contributed by atoms with van der Waals surface area (Å²) in [5, 5.41) is 18.0. The van der Waals surface area contributed by atoms with E-state index in [1.165, 1.54) is 12.8 Å². The van der Waals surface area contributed by atoms with Crippen LogP contribution in [0, 0.1) is 0 Å². The first-order chi connectivity index (χ1) is 10.4. The zero-order chi connectivity index (χ0) is 16.2. The predicted molar refractivity (Wildman–Crippen MR) is 82.4 cm³/mol. The molecule has 1 aliphatic carbocycles. The minimum atomic E-state index is -0.883. The van der Waals surface area contributed by atoms with E-state index in [1.807, 2.05) is 6.92 Å². The number of rotatable bonds is 7. The molecule has 6 nitrogen and oxygen atoms in total. The lowest BCUT2D eigenvalue weighted by molar-refractivity contribution is -0.134. The van der Waals surface area contributed by atoms with Gasteiger partial charge in [-0.25, -0.2) is 0 Å². The Morgan fingerprint density at radius 1 is 1.36 bits per heavy atom. The molecule has 0 bridgehead atoms. The first-order valence-corrected chi connectivity index (χ1v) is 8.21. The average molecular weight is 309 g/mol. The summed E-state index contributed by atoms with van der Waals surface area (Å²) >= 11 is 0. The number of aromatic nitrogens is 2. The number of nitrogens with zero attached hydrogens (tertiary/aromatic N) is 3. The minimum absolute atomic E-state index is 0.00485. The lowest BCUT2D eigenvalue weighted by Gasteiger charge is -2.28. The summed E-state index contributed by atoms with van der Waals surface area (Å²) in [6.07, 6.45) is 5.48. The second-order valence-corrected chi connectivity index (χ2v) is 6.74. The van der Waals surface area contributed by atoms with Gasteiger partial charge < -0.3 is 14.4 Å². The maximum Gasteiger partial charge on any atom is 0.223 e. The molecular weight excluding hydrogens is 282 g/mol. The van der Waals surface area contributed by atoms with Gasteiger partial charge in [-0.3, -0.25) is 4.79 Å². The Morgan fingerprint density at radius 2 is 2.05 bits per heavy atom. The van der Waals surface area contributed by atoms with E-state index >= 15 is 0 Å². The van der Waals surface area contributed by atoms with Crippen LogP contribution in [0.25, 0.3) is 0 Å². The number of likely N-dealkylation sites (N-methyl/N-ethyl adjacent to an activating group) is 1. The molecule has 1 aromatic rings. The molecule has 0 radical (unpaired) electrons. The monoisotopic (exact) mass is 309 g/mol. The zero-order valence-corrected chi connectivity index (χ0v) is 13.8. The Hall–Kier alpha value is -1.43. The minimum Gasteiger partial charge on any atom is -0.425 e. The van der Waals surface area contributed by atoms with Crippen molar-refractivity contribution in [2.24, 2.45) is 0 Å². The normalized spacial score (nSPS) is 16.2. The Morgan fingerprint density at radius 3 is 2.64 bits per heavy atom. The molecule has 1 saturated carbocycles. The van der Waals surface area contributed by atoms with Gasteiger partial charge in [0.25, 0.3) is 0 Å². The lowest BCUT2D eigenvalue weighted by atomic mass is 10.1. The molecule has 0 spiro atoms. The number of carbonyl (C=O) groups excluding carboxylic acids is 1. The second-order valence-electron chi connectivity index (χ2n) is 6.74. The van der Waals surface area contributed by atoms with Crippen LogP contribution in [0.5, 0.6) is 0 Å². The van der Waals surface area contributed by atoms with Gasteiger partial charge in [-0.15, -0.1) is 10.2 Å². The van der Waals surface area contributed by atoms with E-state index in [4.69, 9.17) is 4.42 Å². The summed E-state index contributed by atoms with van der Waals surface area (Å²) < 4.78 is 5.69. The van der Waals surface area contributed by atoms with E-state index in [0.717, 1.165) is 18.7 Å². The Labute approximate surface area is 131 Å². The van der Waals surface area contributed by atoms with Crippen LogP contribution in [0.15, 0.2) is 4.42 Å². The van der Waals surface area contributed by atoms with E-state index in [2.05, 4.69) is 10.2 Å². The molecule has 124 valence electrons. The van der Waals surface area contributed by atoms with Gasteiger partial charge in [-0.2, -0.15) is 0 Å². The average Bonchev–Trinajstić information content (AvgIpc) is 3.11. The molecule has 6 heteroatoms. The highest BCUT2D eigenvalue weighted by Crippen LogP contribution is 2.33. The van der Waals surface area contributed by atoms with E-state index < -0.39 is 5.60 Å². The van der Waals surface area contributed by atoms with Crippen LogP contribution in [-0.4, -0.2) is 44.8 Å². The second kappa shape index (κ2) is 7.22. The lowest BCUT2D eigenvalue weighted by Crippen LogP contribution is -2.42. The van der Waals surface area contributed by atoms with Gasteiger partial charge >= 0.3 is 0 Å². The van der Waals surface area contributed by atoms with E-state index in [0.29, 0.717) is 37.7 Å². The maximum atomic E-state index is 12.2. The van der Waals surface area contributed by atoms with Crippen molar-refractivity contribution in [2.75, 3.05) is 13.1 Å². The highest BCUT2D eigenvalue weighted by molar-refractivity contribution is 5.76. The van der Waals surface area contributed by atoms with Gasteiger partial charge in [0.2, 0.25) is 17.7 Å². The van der Waals surface area contributed by atoms with Crippen LogP contribution in [-0.2, 0) is 11.2 Å². The van der Waals surface area contributed by atoms with Crippen molar-refractivity contribution in [1.82, 2.24) is 15.1 Å². The summed E-state index contributed by atoms with van der Waals surface area (Å²) in [5.41, 5.74) is -0.883. The number of aryl methyl sites for hydroxylation is 1. The van der Waals surface area contributed by atoms with Crippen molar-refractivity contribution in [3.63, 3.8) is 0 Å². The van der Waals surface area contributed by atoms with Crippen molar-refractivity contribution in [2.45, 2.75) is 70.8 Å². The molecule has 1 amide bonds. The molecule has 1 aromatic heterocycles. The first-order valence-electron chi connectivity index (χ1n) is 8.21. The van der Waals surface area contributed by atoms with Crippen LogP contribution in [0.1, 0.15) is 70.6 Å². The van der Waals surface area contributed by atoms with Crippen LogP contribution < -0.4 is 0 Å². The fourth-order valence-electron chi connectivity index (χ4n) is 2.92. The van der Waals surface area contributed by atoms with E-state index in [-0.39, 0.29) is 5.91 Å². The van der Waals surface area contributed by atoms with Gasteiger partial charge in [-0.05, 0) is 33.6 Å². The number of hydrogen-bond donors (Lipinski definition) is 1. The molecule has 22 heavy (non-hydrogen) atoms. The SMILES string of the molecule is CCN(CC(C)(C)O)C(=O)CCc1nnc(C2CCCC2)o1. The van der Waals surface area contributed by atoms with E-state index in [9.17, 15) is 9.90 Å². The van der Waals surface area contributed by atoms with Gasteiger partial charge in [-0.1, -0.05) is 12.8 Å². The largest absolute Gasteiger partial charge is 0.425 e. The Kier molecular flexibility index (Phi) is 5.56. The van der Waals surface area contributed by atoms with Crippen molar-refractivity contribution < 1.29 is 14.3 Å². The standard InChI is InChI=1S/C16H27N3O3/c1-4-19(11-16(2,3)21)14(20)10-9-13-17-18-15(22-13)12-7-5-6-8-12/h12,21H,4-11H2,1-3H3. The topological polar surface area (TPSA) is 79.5 Å². The summed E-state index contributed by atoms with van der Waals surface area (Å²) in [5.74, 6) is 1.67. The molecular formula is C16H27N3O3. The molecule has 0 atom stereocenters. The predicted octanol–water partition coefficient (Wildman–Crippen LogP) is 2.28. The number of aliphatic hydroxyl groups is 1. The Balaban J connectivity index is 1.85. The van der Waals surface area contributed by atoms with Crippen molar-refractivity contribution in [3.8, 4) is 0 Å². The molecule has 0 unspecified atom stereocenters. The number of hydrogen-bond acceptors (Lipinski definition) is 5. The van der Waals surface area contributed by atoms with Gasteiger partial charge in [0, 0.05) is 31.8 Å². The third kappa shape index (κ3) is 4.80. The van der Waals surface area contributed by atoms with E-state index in [1.54, 1.807) is 18.7 Å². The van der Waals surface area contributed by atoms with Crippen molar-refractivity contribution in [1.29, 1.82) is 0 Å². The summed E-state index contributed by atoms with van der Waals surface area (Å²) in [4.78, 5) is 13.9. The molecule has 1 aliphatic rings. The van der Waals surface area contributed by atoms with Crippen LogP contribution in [0.3, 0.4) is 0 Å². The Bertz CT molecular complexity index is 487. The fraction of sp³-hybridized carbons (Fsp3) is 0.812. The van der Waals surface area contributed by atoms with Gasteiger partial charge in [0.1, 0.15) is 0 Å². The molecule has 1 N–H and O–H groups in total. The summed E-state index contributed by atoms with van der Waals surface area (Å²) in [6.45, 7) is 6.23. The summed E-state index contributed by atoms with van der Waals surface area (Å²) in [6, 6.07) is 0. The first kappa shape index (κ1) is 16.9. The molecule has 0 saturated heterocycles. The van der Waals surface area contributed by atoms with Crippen LogP contribution in [0.4, 0.5) is 0 Å². The fourth-order valence-corrected chi connectivity index (χ4v) is 2.92. The van der Waals surface area contributed by atoms with Gasteiger partial charge in [0.15, 0.2) is 0 Å². The van der Waals surface area contributed by atoms with Crippen LogP contribution in [0.2, 0.25) is 0 Å². The quantitative estimate of drug-likeness (QED) is 0.836. The smallest absolute Gasteiger partial charge is 0.223 e. The van der Waals surface area contributed by atoms with Crippen molar-refractivity contribution in [3.05, 3.63) is 11.8 Å². The highest BCUT2D eigenvalue weighted by atomic mass is 16.4. The number of carbonyl (C=O) groups is 1. The van der Waals surface area contributed by atoms with Crippen LogP contribution >= 0.6 is 0 Å². The molecule has 2 rings (SSSR count). The van der Waals surface area contributed by atoms with Crippen molar-refractivity contribution >= 4 is 5.91 Å². The highest BCUT2D eigenvalue weighted by Gasteiger charge is 2.24. The van der Waals surface area contributed by atoms with Gasteiger partial charge in [0.05, 0.1) is 5.60 Å². The molecule has 1 heterocycles. The molecule has 0 aromatic carbocycles. The number of amides is 1. The summed E-state index contributed by atoms with van der Waals surface area (Å²) in [7, 11) is 0. The zero-order valence-electron chi connectivity index (χ0n) is 13.8. The third-order valence-corrected chi connectivity index (χ3v) is 4.05. The third-order valence-electron chi connectivity index (χ3n) is 4.05. The molecule has 0 aliphatic heterocycles.